The number of thioether (sulfide) groups is 1. The molecular formula is C17H14FN3O2S. The molecule has 0 bridgehead atoms. The van der Waals surface area contributed by atoms with Crippen molar-refractivity contribution in [2.24, 2.45) is 0 Å². The molecule has 5 nitrogen and oxygen atoms in total. The first kappa shape index (κ1) is 15.2. The van der Waals surface area contributed by atoms with Gasteiger partial charge in [-0.2, -0.15) is 5.10 Å². The van der Waals surface area contributed by atoms with Crippen molar-refractivity contribution < 1.29 is 13.9 Å². The quantitative estimate of drug-likeness (QED) is 0.729. The van der Waals surface area contributed by atoms with E-state index in [1.54, 1.807) is 0 Å². The van der Waals surface area contributed by atoms with Crippen LogP contribution in [0.5, 0.6) is 5.75 Å². The predicted molar refractivity (Wildman–Crippen MR) is 86.9 cm³/mol. The summed E-state index contributed by atoms with van der Waals surface area (Å²) in [4.78, 5) is 4.07. The first-order valence-corrected chi connectivity index (χ1v) is 8.41. The van der Waals surface area contributed by atoms with E-state index in [1.807, 2.05) is 30.3 Å². The molecule has 2 aromatic carbocycles. The molecule has 0 fully saturated rings. The van der Waals surface area contributed by atoms with Crippen LogP contribution in [0.2, 0.25) is 0 Å². The smallest absolute Gasteiger partial charge is 0.227 e. The zero-order valence-electron chi connectivity index (χ0n) is 12.6. The maximum Gasteiger partial charge on any atom is 0.227 e. The van der Waals surface area contributed by atoms with Crippen LogP contribution < -0.4 is 4.74 Å². The van der Waals surface area contributed by atoms with E-state index in [9.17, 15) is 4.39 Å². The van der Waals surface area contributed by atoms with Crippen molar-refractivity contribution in [3.63, 3.8) is 0 Å². The van der Waals surface area contributed by atoms with Crippen LogP contribution in [0.1, 0.15) is 23.0 Å². The molecule has 1 N–H and O–H groups in total. The Balaban J connectivity index is 1.60. The Labute approximate surface area is 142 Å². The van der Waals surface area contributed by atoms with Gasteiger partial charge in [0.1, 0.15) is 17.9 Å². The van der Waals surface area contributed by atoms with Crippen LogP contribution >= 0.6 is 11.8 Å². The third-order valence-electron chi connectivity index (χ3n) is 3.65. The molecule has 4 rings (SSSR count). The van der Waals surface area contributed by atoms with Crippen molar-refractivity contribution in [1.29, 1.82) is 0 Å². The van der Waals surface area contributed by atoms with Crippen molar-refractivity contribution in [1.82, 2.24) is 15.2 Å². The lowest BCUT2D eigenvalue weighted by Gasteiger charge is -2.28. The maximum absolute atomic E-state index is 13.9. The van der Waals surface area contributed by atoms with E-state index in [0.717, 1.165) is 16.7 Å². The molecule has 0 amide bonds. The number of benzene rings is 2. The highest BCUT2D eigenvalue weighted by molar-refractivity contribution is 7.98. The van der Waals surface area contributed by atoms with Gasteiger partial charge in [-0.25, -0.2) is 9.37 Å². The van der Waals surface area contributed by atoms with Crippen molar-refractivity contribution in [3.8, 4) is 5.75 Å². The summed E-state index contributed by atoms with van der Waals surface area (Å²) < 4.78 is 25.6. The number of rotatable bonds is 4. The summed E-state index contributed by atoms with van der Waals surface area (Å²) in [5.41, 5.74) is 2.42. The maximum atomic E-state index is 13.9. The lowest BCUT2D eigenvalue weighted by atomic mass is 10.1. The third kappa shape index (κ3) is 3.13. The van der Waals surface area contributed by atoms with Gasteiger partial charge in [-0.3, -0.25) is 5.10 Å². The Morgan fingerprint density at radius 3 is 2.92 bits per heavy atom. The van der Waals surface area contributed by atoms with E-state index in [1.165, 1.54) is 30.2 Å². The van der Waals surface area contributed by atoms with Gasteiger partial charge >= 0.3 is 0 Å². The van der Waals surface area contributed by atoms with Gasteiger partial charge < -0.3 is 9.47 Å². The molecule has 3 aromatic rings. The van der Waals surface area contributed by atoms with Crippen molar-refractivity contribution in [2.75, 3.05) is 0 Å². The molecule has 0 saturated carbocycles. The van der Waals surface area contributed by atoms with Gasteiger partial charge in [0.2, 0.25) is 6.29 Å². The summed E-state index contributed by atoms with van der Waals surface area (Å²) in [5, 5.41) is 7.27. The fourth-order valence-corrected chi connectivity index (χ4v) is 3.31. The second-order valence-corrected chi connectivity index (χ2v) is 6.27. The summed E-state index contributed by atoms with van der Waals surface area (Å²) in [6, 6.07) is 12.7. The molecule has 0 aliphatic carbocycles. The largest absolute Gasteiger partial charge is 0.460 e. The Morgan fingerprint density at radius 2 is 2.12 bits per heavy atom. The van der Waals surface area contributed by atoms with Gasteiger partial charge in [-0.05, 0) is 12.1 Å². The van der Waals surface area contributed by atoms with Crippen LogP contribution in [0.4, 0.5) is 4.39 Å². The molecule has 1 aliphatic rings. The number of ether oxygens (including phenoxy) is 2. The number of hydrogen-bond donors (Lipinski definition) is 1. The summed E-state index contributed by atoms with van der Waals surface area (Å²) in [7, 11) is 0. The molecule has 1 aromatic heterocycles. The predicted octanol–water partition coefficient (Wildman–Crippen LogP) is 3.84. The average Bonchev–Trinajstić information content (AvgIpc) is 3.13. The summed E-state index contributed by atoms with van der Waals surface area (Å²) in [6.45, 7) is 0.312. The lowest BCUT2D eigenvalue weighted by Crippen LogP contribution is -2.19. The highest BCUT2D eigenvalue weighted by Crippen LogP contribution is 2.38. The van der Waals surface area contributed by atoms with Gasteiger partial charge in [0.25, 0.3) is 0 Å². The summed E-state index contributed by atoms with van der Waals surface area (Å²) in [6.07, 6.45) is 0.956. The molecule has 0 saturated heterocycles. The standard InChI is InChI=1S/C17H14FN3O2S/c18-14-6-12-8-22-16(11-4-2-1-3-5-11)23-15(12)13(7-14)9-24-17-19-10-20-21-17/h1-7,10,16H,8-9H2,(H,19,20,21)/t16-/m1/s1. The number of nitrogens with zero attached hydrogens (tertiary/aromatic N) is 2. The third-order valence-corrected chi connectivity index (χ3v) is 4.58. The van der Waals surface area contributed by atoms with Crippen LogP contribution in [0, 0.1) is 5.82 Å². The van der Waals surface area contributed by atoms with E-state index in [0.29, 0.717) is 23.3 Å². The molecule has 0 radical (unpaired) electrons. The Hall–Kier alpha value is -2.38. The molecule has 0 unspecified atom stereocenters. The minimum Gasteiger partial charge on any atom is -0.460 e. The molecule has 24 heavy (non-hydrogen) atoms. The molecule has 1 aliphatic heterocycles. The number of halogens is 1. The minimum absolute atomic E-state index is 0.299. The van der Waals surface area contributed by atoms with Crippen molar-refractivity contribution >= 4 is 11.8 Å². The van der Waals surface area contributed by atoms with Gasteiger partial charge in [-0.15, -0.1) is 0 Å². The summed E-state index contributed by atoms with van der Waals surface area (Å²) in [5.74, 6) is 0.910. The normalized spacial score (nSPS) is 16.5. The molecule has 7 heteroatoms. The minimum atomic E-state index is -0.488. The van der Waals surface area contributed by atoms with E-state index >= 15 is 0 Å². The van der Waals surface area contributed by atoms with Crippen LogP contribution in [-0.2, 0) is 17.1 Å². The topological polar surface area (TPSA) is 60.0 Å². The number of nitrogens with one attached hydrogen (secondary N) is 1. The van der Waals surface area contributed by atoms with Crippen molar-refractivity contribution in [3.05, 3.63) is 71.3 Å². The highest BCUT2D eigenvalue weighted by atomic mass is 32.2. The van der Waals surface area contributed by atoms with E-state index < -0.39 is 6.29 Å². The SMILES string of the molecule is Fc1cc2c(c(CSc3ncn[nH]3)c1)O[C@H](c1ccccc1)OC2. The molecule has 2 heterocycles. The number of aromatic amines is 1. The van der Waals surface area contributed by atoms with Gasteiger partial charge in [0.05, 0.1) is 6.61 Å². The van der Waals surface area contributed by atoms with Gasteiger partial charge in [0.15, 0.2) is 5.16 Å². The second-order valence-electron chi connectivity index (χ2n) is 5.30. The highest BCUT2D eigenvalue weighted by Gasteiger charge is 2.25. The van der Waals surface area contributed by atoms with E-state index in [-0.39, 0.29) is 5.82 Å². The Kier molecular flexibility index (Phi) is 4.18. The Morgan fingerprint density at radius 1 is 1.25 bits per heavy atom. The number of aromatic nitrogens is 3. The number of fused-ring (bicyclic) bond motifs is 1. The molecule has 1 atom stereocenters. The number of hydrogen-bond acceptors (Lipinski definition) is 5. The average molecular weight is 343 g/mol. The van der Waals surface area contributed by atoms with E-state index in [2.05, 4.69) is 15.2 Å². The van der Waals surface area contributed by atoms with Crippen LogP contribution in [0.15, 0.2) is 53.9 Å². The van der Waals surface area contributed by atoms with Gasteiger partial charge in [0, 0.05) is 22.4 Å². The zero-order chi connectivity index (χ0) is 16.4. The van der Waals surface area contributed by atoms with Crippen LogP contribution in [0.3, 0.4) is 0 Å². The lowest BCUT2D eigenvalue weighted by molar-refractivity contribution is -0.112. The van der Waals surface area contributed by atoms with Crippen LogP contribution in [-0.4, -0.2) is 15.2 Å². The number of H-pyrrole nitrogens is 1. The zero-order valence-corrected chi connectivity index (χ0v) is 13.4. The molecule has 0 spiro atoms. The van der Waals surface area contributed by atoms with Gasteiger partial charge in [-0.1, -0.05) is 42.1 Å². The monoisotopic (exact) mass is 343 g/mol. The van der Waals surface area contributed by atoms with E-state index in [4.69, 9.17) is 9.47 Å². The first-order chi connectivity index (χ1) is 11.8. The first-order valence-electron chi connectivity index (χ1n) is 7.42. The summed E-state index contributed by atoms with van der Waals surface area (Å²) >= 11 is 1.44. The Bertz CT molecular complexity index is 827. The fourth-order valence-electron chi connectivity index (χ4n) is 2.57. The molecular weight excluding hydrogens is 329 g/mol. The molecule has 122 valence electrons. The van der Waals surface area contributed by atoms with Crippen LogP contribution in [0.25, 0.3) is 0 Å². The second kappa shape index (κ2) is 6.62. The fraction of sp³-hybridized carbons (Fsp3) is 0.176. The van der Waals surface area contributed by atoms with Crippen molar-refractivity contribution in [2.45, 2.75) is 23.8 Å².